The maximum atomic E-state index is 13.7. The van der Waals surface area contributed by atoms with E-state index in [1.807, 2.05) is 0 Å². The number of carbonyl (C=O) groups excluding carboxylic acids is 1. The lowest BCUT2D eigenvalue weighted by molar-refractivity contribution is 0.174. The molecule has 0 unspecified atom stereocenters. The number of carbonyl (C=O) groups is 1. The highest BCUT2D eigenvalue weighted by molar-refractivity contribution is 5.89. The quantitative estimate of drug-likeness (QED) is 0.850. The van der Waals surface area contributed by atoms with Crippen LogP contribution in [-0.2, 0) is 6.54 Å². The molecule has 0 radical (unpaired) electrons. The summed E-state index contributed by atoms with van der Waals surface area (Å²) in [7, 11) is 0. The lowest BCUT2D eigenvalue weighted by Gasteiger charge is -2.22. The number of amides is 2. The fourth-order valence-corrected chi connectivity index (χ4v) is 2.40. The molecule has 25 heavy (non-hydrogen) atoms. The standard InChI is InChI=1S/C17H15F3N2O3/c1-2-22(8-10-3-6-13-14(7-10)25-9-24-13)17(23)21-12-5-4-11(18)15(19)16(12)20/h3-7H,2,8-9H2,1H3,(H,21,23). The van der Waals surface area contributed by atoms with E-state index in [4.69, 9.17) is 9.47 Å². The first-order valence-corrected chi connectivity index (χ1v) is 7.57. The Kier molecular flexibility index (Phi) is 4.69. The van der Waals surface area contributed by atoms with Crippen molar-refractivity contribution in [2.45, 2.75) is 13.5 Å². The van der Waals surface area contributed by atoms with Crippen LogP contribution in [0.4, 0.5) is 23.7 Å². The number of rotatable bonds is 4. The molecular weight excluding hydrogens is 337 g/mol. The van der Waals surface area contributed by atoms with Gasteiger partial charge in [-0.2, -0.15) is 0 Å². The number of anilines is 1. The molecule has 1 heterocycles. The minimum Gasteiger partial charge on any atom is -0.454 e. The van der Waals surface area contributed by atoms with E-state index in [2.05, 4.69) is 5.32 Å². The molecule has 1 N–H and O–H groups in total. The topological polar surface area (TPSA) is 50.8 Å². The zero-order valence-electron chi connectivity index (χ0n) is 13.3. The van der Waals surface area contributed by atoms with Crippen molar-refractivity contribution >= 4 is 11.7 Å². The second-order valence-corrected chi connectivity index (χ2v) is 5.35. The van der Waals surface area contributed by atoms with Crippen LogP contribution in [0.3, 0.4) is 0 Å². The third-order valence-electron chi connectivity index (χ3n) is 3.76. The van der Waals surface area contributed by atoms with Crippen molar-refractivity contribution in [1.29, 1.82) is 0 Å². The van der Waals surface area contributed by atoms with Crippen LogP contribution >= 0.6 is 0 Å². The zero-order valence-corrected chi connectivity index (χ0v) is 13.3. The van der Waals surface area contributed by atoms with Crippen molar-refractivity contribution in [2.24, 2.45) is 0 Å². The fourth-order valence-electron chi connectivity index (χ4n) is 2.40. The van der Waals surface area contributed by atoms with Crippen LogP contribution in [0.2, 0.25) is 0 Å². The fraction of sp³-hybridized carbons (Fsp3) is 0.235. The van der Waals surface area contributed by atoms with Gasteiger partial charge in [0, 0.05) is 13.1 Å². The molecule has 0 aliphatic carbocycles. The molecule has 2 amide bonds. The highest BCUT2D eigenvalue weighted by Gasteiger charge is 2.19. The molecule has 0 fully saturated rings. The average Bonchev–Trinajstić information content (AvgIpc) is 3.07. The third-order valence-corrected chi connectivity index (χ3v) is 3.76. The highest BCUT2D eigenvalue weighted by atomic mass is 19.2. The Labute approximate surface area is 142 Å². The predicted octanol–water partition coefficient (Wildman–Crippen LogP) is 3.89. The molecule has 0 bridgehead atoms. The van der Waals surface area contributed by atoms with E-state index < -0.39 is 29.2 Å². The van der Waals surface area contributed by atoms with Crippen molar-refractivity contribution in [3.05, 3.63) is 53.3 Å². The number of ether oxygens (including phenoxy) is 2. The minimum absolute atomic E-state index is 0.145. The number of nitrogens with zero attached hydrogens (tertiary/aromatic N) is 1. The third kappa shape index (κ3) is 3.47. The van der Waals surface area contributed by atoms with Gasteiger partial charge in [-0.3, -0.25) is 0 Å². The predicted molar refractivity (Wildman–Crippen MR) is 84.0 cm³/mol. The molecule has 5 nitrogen and oxygen atoms in total. The largest absolute Gasteiger partial charge is 0.454 e. The second kappa shape index (κ2) is 6.92. The molecule has 2 aromatic rings. The maximum Gasteiger partial charge on any atom is 0.322 e. The Hall–Kier alpha value is -2.90. The van der Waals surface area contributed by atoms with Gasteiger partial charge in [-0.15, -0.1) is 0 Å². The Morgan fingerprint density at radius 2 is 1.88 bits per heavy atom. The van der Waals surface area contributed by atoms with Gasteiger partial charge in [0.2, 0.25) is 6.79 Å². The Balaban J connectivity index is 1.72. The number of nitrogens with one attached hydrogen (secondary N) is 1. The van der Waals surface area contributed by atoms with Gasteiger partial charge in [-0.25, -0.2) is 18.0 Å². The van der Waals surface area contributed by atoms with Crippen molar-refractivity contribution < 1.29 is 27.4 Å². The molecule has 2 aromatic carbocycles. The van der Waals surface area contributed by atoms with E-state index in [9.17, 15) is 18.0 Å². The monoisotopic (exact) mass is 352 g/mol. The zero-order chi connectivity index (χ0) is 18.0. The Morgan fingerprint density at radius 1 is 1.12 bits per heavy atom. The second-order valence-electron chi connectivity index (χ2n) is 5.35. The summed E-state index contributed by atoms with van der Waals surface area (Å²) >= 11 is 0. The van der Waals surface area contributed by atoms with Crippen LogP contribution in [0.5, 0.6) is 11.5 Å². The molecule has 132 valence electrons. The van der Waals surface area contributed by atoms with Crippen LogP contribution in [0.1, 0.15) is 12.5 Å². The summed E-state index contributed by atoms with van der Waals surface area (Å²) < 4.78 is 50.4. The summed E-state index contributed by atoms with van der Waals surface area (Å²) in [6, 6.07) is 6.35. The highest BCUT2D eigenvalue weighted by Crippen LogP contribution is 2.32. The van der Waals surface area contributed by atoms with Crippen molar-refractivity contribution in [3.63, 3.8) is 0 Å². The van der Waals surface area contributed by atoms with Gasteiger partial charge in [0.05, 0.1) is 5.69 Å². The van der Waals surface area contributed by atoms with Gasteiger partial charge in [0.25, 0.3) is 0 Å². The smallest absolute Gasteiger partial charge is 0.322 e. The first kappa shape index (κ1) is 16.9. The average molecular weight is 352 g/mol. The number of hydrogen-bond acceptors (Lipinski definition) is 3. The first-order valence-electron chi connectivity index (χ1n) is 7.57. The molecule has 0 saturated carbocycles. The number of urea groups is 1. The van der Waals surface area contributed by atoms with Crippen LogP contribution in [0.25, 0.3) is 0 Å². The number of hydrogen-bond donors (Lipinski definition) is 1. The lowest BCUT2D eigenvalue weighted by atomic mass is 10.2. The molecule has 0 saturated heterocycles. The summed E-state index contributed by atoms with van der Waals surface area (Å²) in [5.74, 6) is -3.17. The van der Waals surface area contributed by atoms with Gasteiger partial charge in [-0.1, -0.05) is 6.07 Å². The number of halogens is 3. The molecule has 0 aromatic heterocycles. The van der Waals surface area contributed by atoms with E-state index in [0.717, 1.165) is 17.7 Å². The van der Waals surface area contributed by atoms with E-state index in [-0.39, 0.29) is 13.3 Å². The summed E-state index contributed by atoms with van der Waals surface area (Å²) in [5, 5.41) is 2.25. The Bertz CT molecular complexity index is 814. The van der Waals surface area contributed by atoms with Crippen molar-refractivity contribution in [1.82, 2.24) is 4.90 Å². The van der Waals surface area contributed by atoms with Crippen LogP contribution in [0.15, 0.2) is 30.3 Å². The van der Waals surface area contributed by atoms with Gasteiger partial charge in [-0.05, 0) is 36.8 Å². The SMILES string of the molecule is CCN(Cc1ccc2c(c1)OCO2)C(=O)Nc1ccc(F)c(F)c1F. The molecule has 0 atom stereocenters. The Morgan fingerprint density at radius 3 is 2.64 bits per heavy atom. The van der Waals surface area contributed by atoms with Crippen molar-refractivity contribution in [2.75, 3.05) is 18.7 Å². The van der Waals surface area contributed by atoms with Gasteiger partial charge in [0.1, 0.15) is 0 Å². The van der Waals surface area contributed by atoms with Crippen LogP contribution in [-0.4, -0.2) is 24.3 Å². The molecule has 3 rings (SSSR count). The van der Waals surface area contributed by atoms with Crippen molar-refractivity contribution in [3.8, 4) is 11.5 Å². The summed E-state index contributed by atoms with van der Waals surface area (Å²) in [5.41, 5.74) is 0.361. The molecular formula is C17H15F3N2O3. The van der Waals surface area contributed by atoms with E-state index in [0.29, 0.717) is 18.0 Å². The first-order chi connectivity index (χ1) is 12.0. The van der Waals surface area contributed by atoms with E-state index in [1.54, 1.807) is 25.1 Å². The minimum atomic E-state index is -1.63. The molecule has 8 heteroatoms. The van der Waals surface area contributed by atoms with Gasteiger partial charge in [0.15, 0.2) is 29.0 Å². The molecule has 1 aliphatic heterocycles. The summed E-state index contributed by atoms with van der Waals surface area (Å²) in [6.07, 6.45) is 0. The van der Waals surface area contributed by atoms with Crippen LogP contribution in [0, 0.1) is 17.5 Å². The van der Waals surface area contributed by atoms with Crippen LogP contribution < -0.4 is 14.8 Å². The summed E-state index contributed by atoms with van der Waals surface area (Å²) in [6.45, 7) is 2.44. The lowest BCUT2D eigenvalue weighted by Crippen LogP contribution is -2.34. The number of fused-ring (bicyclic) bond motifs is 1. The molecule has 1 aliphatic rings. The van der Waals surface area contributed by atoms with E-state index >= 15 is 0 Å². The number of benzene rings is 2. The van der Waals surface area contributed by atoms with Gasteiger partial charge < -0.3 is 19.7 Å². The molecule has 0 spiro atoms. The van der Waals surface area contributed by atoms with E-state index in [1.165, 1.54) is 4.90 Å². The maximum absolute atomic E-state index is 13.7. The van der Waals surface area contributed by atoms with Gasteiger partial charge >= 0.3 is 6.03 Å². The summed E-state index contributed by atoms with van der Waals surface area (Å²) in [4.78, 5) is 13.7. The normalized spacial score (nSPS) is 12.2.